The van der Waals surface area contributed by atoms with E-state index in [2.05, 4.69) is 21.8 Å². The fourth-order valence-electron chi connectivity index (χ4n) is 2.99. The number of piperazine rings is 1. The van der Waals surface area contributed by atoms with Gasteiger partial charge in [-0.15, -0.1) is 0 Å². The molecule has 10 heteroatoms. The number of aromatic nitrogens is 1. The van der Waals surface area contributed by atoms with Crippen molar-refractivity contribution in [1.29, 1.82) is 0 Å². The van der Waals surface area contributed by atoms with Crippen LogP contribution in [0.15, 0.2) is 53.7 Å². The molecule has 1 aromatic heterocycles. The molecule has 2 aromatic rings. The Labute approximate surface area is 183 Å². The summed E-state index contributed by atoms with van der Waals surface area (Å²) in [5, 5.41) is 16.3. The highest BCUT2D eigenvalue weighted by Crippen LogP contribution is 2.37. The monoisotopic (exact) mass is 444 g/mol. The summed E-state index contributed by atoms with van der Waals surface area (Å²) in [6, 6.07) is 9.42. The molecule has 0 radical (unpaired) electrons. The summed E-state index contributed by atoms with van der Waals surface area (Å²) in [4.78, 5) is 32.9. The van der Waals surface area contributed by atoms with E-state index in [0.29, 0.717) is 23.1 Å². The molecule has 0 bridgehead atoms. The third-order valence-electron chi connectivity index (χ3n) is 4.54. The van der Waals surface area contributed by atoms with Gasteiger partial charge in [0.1, 0.15) is 17.3 Å². The fraction of sp³-hybridized carbons (Fsp3) is 0.238. The number of fused-ring (bicyclic) bond motifs is 2. The zero-order valence-electron chi connectivity index (χ0n) is 16.7. The van der Waals surface area contributed by atoms with Crippen LogP contribution in [0.2, 0.25) is 5.02 Å². The Morgan fingerprint density at radius 2 is 1.77 bits per heavy atom. The minimum absolute atomic E-state index is 0.528. The van der Waals surface area contributed by atoms with Gasteiger partial charge in [-0.3, -0.25) is 0 Å². The lowest BCUT2D eigenvalue weighted by atomic mass is 10.1. The highest BCUT2D eigenvalue weighted by molar-refractivity contribution is 6.31. The van der Waals surface area contributed by atoms with Crippen molar-refractivity contribution >= 4 is 35.1 Å². The van der Waals surface area contributed by atoms with Crippen molar-refractivity contribution in [2.75, 3.05) is 33.2 Å². The van der Waals surface area contributed by atoms with E-state index in [1.54, 1.807) is 6.20 Å². The quantitative estimate of drug-likeness (QED) is 0.679. The second kappa shape index (κ2) is 10.1. The van der Waals surface area contributed by atoms with Gasteiger partial charge in [0.15, 0.2) is 0 Å². The SMILES string of the molecule is CN1CCN(C2=Nc3cccnc3Oc3ccc(Cl)cc32)CC1.O=C(O)C=CC(=O)O. The lowest BCUT2D eigenvalue weighted by molar-refractivity contribution is -0.134. The Hall–Kier alpha value is -3.43. The number of carbonyl (C=O) groups is 2. The number of nitrogens with zero attached hydrogens (tertiary/aromatic N) is 4. The Kier molecular flexibility index (Phi) is 7.22. The van der Waals surface area contributed by atoms with Crippen molar-refractivity contribution in [2.45, 2.75) is 0 Å². The number of aliphatic imine (C=N–C) groups is 1. The van der Waals surface area contributed by atoms with Crippen LogP contribution >= 0.6 is 11.6 Å². The minimum atomic E-state index is -1.26. The van der Waals surface area contributed by atoms with Gasteiger partial charge < -0.3 is 24.7 Å². The number of hydrogen-bond acceptors (Lipinski definition) is 7. The molecule has 0 aliphatic carbocycles. The molecule has 4 rings (SSSR count). The van der Waals surface area contributed by atoms with E-state index in [9.17, 15) is 9.59 Å². The third-order valence-corrected chi connectivity index (χ3v) is 4.77. The van der Waals surface area contributed by atoms with Gasteiger partial charge in [-0.25, -0.2) is 19.6 Å². The molecule has 2 aliphatic heterocycles. The number of hydrogen-bond donors (Lipinski definition) is 2. The number of pyridine rings is 1. The average molecular weight is 445 g/mol. The summed E-state index contributed by atoms with van der Waals surface area (Å²) in [6.07, 6.45) is 2.83. The lowest BCUT2D eigenvalue weighted by Gasteiger charge is -2.34. The van der Waals surface area contributed by atoms with Gasteiger partial charge in [0, 0.05) is 49.6 Å². The molecule has 162 valence electrons. The maximum Gasteiger partial charge on any atom is 0.328 e. The predicted octanol–water partition coefficient (Wildman–Crippen LogP) is 2.88. The zero-order valence-corrected chi connectivity index (χ0v) is 17.5. The summed E-state index contributed by atoms with van der Waals surface area (Å²) in [6.45, 7) is 3.87. The smallest absolute Gasteiger partial charge is 0.328 e. The first-order valence-corrected chi connectivity index (χ1v) is 9.80. The van der Waals surface area contributed by atoms with Gasteiger partial charge in [0.2, 0.25) is 5.88 Å². The van der Waals surface area contributed by atoms with Crippen molar-refractivity contribution in [2.24, 2.45) is 4.99 Å². The predicted molar refractivity (Wildman–Crippen MR) is 115 cm³/mol. The Morgan fingerprint density at radius 3 is 2.42 bits per heavy atom. The van der Waals surface area contributed by atoms with Crippen LogP contribution in [0.3, 0.4) is 0 Å². The zero-order chi connectivity index (χ0) is 22.4. The highest BCUT2D eigenvalue weighted by Gasteiger charge is 2.25. The number of amidine groups is 1. The maximum absolute atomic E-state index is 9.55. The Balaban J connectivity index is 0.000000293. The van der Waals surface area contributed by atoms with Gasteiger partial charge in [-0.05, 0) is 37.4 Å². The van der Waals surface area contributed by atoms with Gasteiger partial charge in [-0.2, -0.15) is 0 Å². The van der Waals surface area contributed by atoms with Crippen molar-refractivity contribution < 1.29 is 24.5 Å². The van der Waals surface area contributed by atoms with Crippen LogP contribution in [-0.2, 0) is 9.59 Å². The second-order valence-electron chi connectivity index (χ2n) is 6.81. The van der Waals surface area contributed by atoms with E-state index in [1.807, 2.05) is 30.3 Å². The number of rotatable bonds is 2. The highest BCUT2D eigenvalue weighted by atomic mass is 35.5. The molecule has 31 heavy (non-hydrogen) atoms. The molecular weight excluding hydrogens is 424 g/mol. The standard InChI is InChI=1S/C17H17ClN4O.C4H4O4/c1-21-7-9-22(10-8-21)16-13-11-12(18)4-5-15(13)23-17-14(20-16)3-2-6-19-17;5-3(6)1-2-4(7)8/h2-6,11H,7-10H2,1H3;1-2H,(H,5,6)(H,7,8). The number of halogens is 1. The molecule has 2 aliphatic rings. The van der Waals surface area contributed by atoms with Crippen LogP contribution in [0, 0.1) is 0 Å². The Bertz CT molecular complexity index is 1020. The third kappa shape index (κ3) is 6.03. The first-order valence-electron chi connectivity index (χ1n) is 9.42. The van der Waals surface area contributed by atoms with E-state index >= 15 is 0 Å². The number of likely N-dealkylation sites (N-methyl/N-ethyl adjacent to an activating group) is 1. The van der Waals surface area contributed by atoms with Crippen LogP contribution in [0.5, 0.6) is 11.6 Å². The first kappa shape index (κ1) is 22.3. The number of carboxylic acid groups (broad SMARTS) is 2. The largest absolute Gasteiger partial charge is 0.478 e. The summed E-state index contributed by atoms with van der Waals surface area (Å²) < 4.78 is 5.98. The van der Waals surface area contributed by atoms with Crippen LogP contribution in [0.25, 0.3) is 0 Å². The van der Waals surface area contributed by atoms with Gasteiger partial charge in [0.05, 0.1) is 5.56 Å². The van der Waals surface area contributed by atoms with Crippen molar-refractivity contribution in [3.05, 3.63) is 59.3 Å². The lowest BCUT2D eigenvalue weighted by Crippen LogP contribution is -2.47. The number of carboxylic acids is 2. The van der Waals surface area contributed by atoms with Crippen LogP contribution in [-0.4, -0.2) is 76.0 Å². The molecule has 0 amide bonds. The van der Waals surface area contributed by atoms with E-state index in [4.69, 9.17) is 31.5 Å². The van der Waals surface area contributed by atoms with E-state index in [0.717, 1.165) is 49.0 Å². The minimum Gasteiger partial charge on any atom is -0.478 e. The Morgan fingerprint density at radius 1 is 1.10 bits per heavy atom. The fourth-order valence-corrected chi connectivity index (χ4v) is 3.16. The maximum atomic E-state index is 9.55. The molecular formula is C21H21ClN4O5. The van der Waals surface area contributed by atoms with Gasteiger partial charge in [0.25, 0.3) is 0 Å². The van der Waals surface area contributed by atoms with Crippen molar-refractivity contribution in [1.82, 2.24) is 14.8 Å². The average Bonchev–Trinajstić information content (AvgIpc) is 2.90. The van der Waals surface area contributed by atoms with Crippen LogP contribution in [0.4, 0.5) is 5.69 Å². The van der Waals surface area contributed by atoms with Crippen LogP contribution in [0.1, 0.15) is 5.56 Å². The number of benzene rings is 1. The topological polar surface area (TPSA) is 116 Å². The summed E-state index contributed by atoms with van der Waals surface area (Å²) in [7, 11) is 2.14. The summed E-state index contributed by atoms with van der Waals surface area (Å²) in [5.74, 6) is -0.341. The molecule has 0 atom stereocenters. The van der Waals surface area contributed by atoms with Crippen molar-refractivity contribution in [3.63, 3.8) is 0 Å². The first-order chi connectivity index (χ1) is 14.8. The molecule has 1 aromatic carbocycles. The van der Waals surface area contributed by atoms with E-state index < -0.39 is 11.9 Å². The molecule has 2 N–H and O–H groups in total. The molecule has 0 spiro atoms. The van der Waals surface area contributed by atoms with Gasteiger partial charge >= 0.3 is 11.9 Å². The molecule has 1 saturated heterocycles. The summed E-state index contributed by atoms with van der Waals surface area (Å²) in [5.41, 5.74) is 1.66. The summed E-state index contributed by atoms with van der Waals surface area (Å²) >= 11 is 6.22. The number of ether oxygens (including phenoxy) is 1. The molecule has 1 fully saturated rings. The number of aliphatic carboxylic acids is 2. The second-order valence-corrected chi connectivity index (χ2v) is 7.24. The van der Waals surface area contributed by atoms with Crippen LogP contribution < -0.4 is 4.74 Å². The molecule has 3 heterocycles. The van der Waals surface area contributed by atoms with Gasteiger partial charge in [-0.1, -0.05) is 11.6 Å². The normalized spacial score (nSPS) is 15.5. The molecule has 0 saturated carbocycles. The molecule has 0 unspecified atom stereocenters. The van der Waals surface area contributed by atoms with E-state index in [1.165, 1.54) is 0 Å². The van der Waals surface area contributed by atoms with E-state index in [-0.39, 0.29) is 0 Å². The molecule has 9 nitrogen and oxygen atoms in total. The van der Waals surface area contributed by atoms with Crippen molar-refractivity contribution in [3.8, 4) is 11.6 Å².